The highest BCUT2D eigenvalue weighted by atomic mass is 35.5. The molecule has 82 valence electrons. The molecule has 0 aromatic heterocycles. The van der Waals surface area contributed by atoms with Gasteiger partial charge in [-0.15, -0.1) is 0 Å². The molecule has 1 nitrogen and oxygen atoms in total. The fraction of sp³-hybridized carbons (Fsp3) is 0.538. The van der Waals surface area contributed by atoms with E-state index in [0.29, 0.717) is 5.41 Å². The molecule has 0 saturated carbocycles. The Hall–Kier alpha value is -0.530. The van der Waals surface area contributed by atoms with E-state index in [1.54, 1.807) is 0 Å². The molecule has 1 heterocycles. The van der Waals surface area contributed by atoms with Crippen LogP contribution >= 0.6 is 11.6 Å². The summed E-state index contributed by atoms with van der Waals surface area (Å²) < 4.78 is 0. The molecule has 1 N–H and O–H groups in total. The van der Waals surface area contributed by atoms with Crippen molar-refractivity contribution in [2.75, 3.05) is 13.1 Å². The maximum atomic E-state index is 5.91. The fourth-order valence-corrected chi connectivity index (χ4v) is 2.40. The second kappa shape index (κ2) is 4.54. The van der Waals surface area contributed by atoms with Crippen molar-refractivity contribution in [1.82, 2.24) is 5.32 Å². The van der Waals surface area contributed by atoms with Crippen LogP contribution in [0.15, 0.2) is 24.3 Å². The highest BCUT2D eigenvalue weighted by Gasteiger charge is 2.37. The first-order chi connectivity index (χ1) is 7.27. The molecule has 0 bridgehead atoms. The molecule has 15 heavy (non-hydrogen) atoms. The summed E-state index contributed by atoms with van der Waals surface area (Å²) in [6.07, 6.45) is 3.87. The van der Waals surface area contributed by atoms with Crippen LogP contribution in [0.5, 0.6) is 0 Å². The highest BCUT2D eigenvalue weighted by molar-refractivity contribution is 6.30. The van der Waals surface area contributed by atoms with E-state index in [2.05, 4.69) is 24.4 Å². The van der Waals surface area contributed by atoms with E-state index >= 15 is 0 Å². The van der Waals surface area contributed by atoms with Crippen molar-refractivity contribution in [3.05, 3.63) is 34.9 Å². The van der Waals surface area contributed by atoms with Gasteiger partial charge in [-0.05, 0) is 24.1 Å². The van der Waals surface area contributed by atoms with Crippen molar-refractivity contribution < 1.29 is 0 Å². The summed E-state index contributed by atoms with van der Waals surface area (Å²) in [7, 11) is 0. The standard InChI is InChI=1S/C13H18ClN/c1-2-3-8-13(9-15-10-13)11-4-6-12(14)7-5-11/h4-7,15H,2-3,8-10H2,1H3. The number of nitrogens with one attached hydrogen (secondary N) is 1. The average Bonchev–Trinajstić information content (AvgIpc) is 2.19. The van der Waals surface area contributed by atoms with Crippen molar-refractivity contribution in [3.63, 3.8) is 0 Å². The minimum absolute atomic E-state index is 0.389. The maximum absolute atomic E-state index is 5.91. The van der Waals surface area contributed by atoms with Crippen molar-refractivity contribution in [3.8, 4) is 0 Å². The quantitative estimate of drug-likeness (QED) is 0.826. The van der Waals surface area contributed by atoms with Crippen molar-refractivity contribution in [2.45, 2.75) is 31.6 Å². The van der Waals surface area contributed by atoms with Crippen LogP contribution in [0, 0.1) is 0 Å². The smallest absolute Gasteiger partial charge is 0.0406 e. The van der Waals surface area contributed by atoms with Gasteiger partial charge in [0.25, 0.3) is 0 Å². The van der Waals surface area contributed by atoms with Crippen LogP contribution in [0.25, 0.3) is 0 Å². The lowest BCUT2D eigenvalue weighted by molar-refractivity contribution is 0.251. The fourth-order valence-electron chi connectivity index (χ4n) is 2.27. The minimum atomic E-state index is 0.389. The Morgan fingerprint density at radius 3 is 2.40 bits per heavy atom. The van der Waals surface area contributed by atoms with Gasteiger partial charge in [0, 0.05) is 23.5 Å². The molecule has 2 heteroatoms. The largest absolute Gasteiger partial charge is 0.315 e. The molecule has 2 rings (SSSR count). The summed E-state index contributed by atoms with van der Waals surface area (Å²) in [6, 6.07) is 8.36. The van der Waals surface area contributed by atoms with E-state index in [0.717, 1.165) is 18.1 Å². The third-order valence-corrected chi connectivity index (χ3v) is 3.64. The number of benzene rings is 1. The Labute approximate surface area is 96.8 Å². The van der Waals surface area contributed by atoms with Gasteiger partial charge in [-0.2, -0.15) is 0 Å². The third kappa shape index (κ3) is 2.19. The SMILES string of the molecule is CCCCC1(c2ccc(Cl)cc2)CNC1. The van der Waals surface area contributed by atoms with Crippen LogP contribution in [0.1, 0.15) is 31.7 Å². The lowest BCUT2D eigenvalue weighted by Gasteiger charge is -2.43. The van der Waals surface area contributed by atoms with Gasteiger partial charge in [0.2, 0.25) is 0 Å². The zero-order chi connectivity index (χ0) is 10.7. The molecule has 0 amide bonds. The Balaban J connectivity index is 2.14. The van der Waals surface area contributed by atoms with E-state index in [9.17, 15) is 0 Å². The van der Waals surface area contributed by atoms with E-state index in [1.807, 2.05) is 12.1 Å². The lowest BCUT2D eigenvalue weighted by atomic mass is 9.72. The van der Waals surface area contributed by atoms with Gasteiger partial charge < -0.3 is 5.32 Å². The molecule has 1 aromatic rings. The summed E-state index contributed by atoms with van der Waals surface area (Å²) in [6.45, 7) is 4.49. The van der Waals surface area contributed by atoms with Crippen LogP contribution in [0.3, 0.4) is 0 Å². The molecule has 1 aliphatic heterocycles. The molecule has 1 aromatic carbocycles. The van der Waals surface area contributed by atoms with Gasteiger partial charge in [0.15, 0.2) is 0 Å². The highest BCUT2D eigenvalue weighted by Crippen LogP contribution is 2.34. The Morgan fingerprint density at radius 1 is 1.27 bits per heavy atom. The zero-order valence-corrected chi connectivity index (χ0v) is 9.98. The van der Waals surface area contributed by atoms with Gasteiger partial charge in [0.05, 0.1) is 0 Å². The molecular formula is C13H18ClN. The molecule has 1 fully saturated rings. The molecule has 0 atom stereocenters. The summed E-state index contributed by atoms with van der Waals surface area (Å²) in [5.41, 5.74) is 1.83. The van der Waals surface area contributed by atoms with E-state index < -0.39 is 0 Å². The van der Waals surface area contributed by atoms with E-state index in [1.165, 1.54) is 24.8 Å². The molecule has 0 aliphatic carbocycles. The van der Waals surface area contributed by atoms with Crippen LogP contribution in [0.4, 0.5) is 0 Å². The second-order valence-corrected chi connectivity index (χ2v) is 4.93. The number of unbranched alkanes of at least 4 members (excludes halogenated alkanes) is 1. The first kappa shape index (κ1) is 11.0. The summed E-state index contributed by atoms with van der Waals surface area (Å²) >= 11 is 5.91. The van der Waals surface area contributed by atoms with Crippen molar-refractivity contribution in [1.29, 1.82) is 0 Å². The number of hydrogen-bond donors (Lipinski definition) is 1. The molecule has 1 saturated heterocycles. The summed E-state index contributed by atoms with van der Waals surface area (Å²) in [5, 5.41) is 4.22. The van der Waals surface area contributed by atoms with Crippen LogP contribution in [-0.4, -0.2) is 13.1 Å². The molecule has 0 unspecified atom stereocenters. The van der Waals surface area contributed by atoms with Crippen molar-refractivity contribution >= 4 is 11.6 Å². The first-order valence-corrected chi connectivity index (χ1v) is 6.11. The van der Waals surface area contributed by atoms with Crippen molar-refractivity contribution in [2.24, 2.45) is 0 Å². The Kier molecular flexibility index (Phi) is 3.32. The number of halogens is 1. The van der Waals surface area contributed by atoms with Gasteiger partial charge in [-0.1, -0.05) is 43.5 Å². The topological polar surface area (TPSA) is 12.0 Å². The predicted octanol–water partition coefficient (Wildman–Crippen LogP) is 3.37. The van der Waals surface area contributed by atoms with Gasteiger partial charge >= 0.3 is 0 Å². The van der Waals surface area contributed by atoms with Crippen LogP contribution in [-0.2, 0) is 5.41 Å². The molecule has 0 radical (unpaired) electrons. The normalized spacial score (nSPS) is 18.5. The Morgan fingerprint density at radius 2 is 1.93 bits per heavy atom. The Bertz CT molecular complexity index is 314. The zero-order valence-electron chi connectivity index (χ0n) is 9.22. The molecule has 1 aliphatic rings. The van der Waals surface area contributed by atoms with Gasteiger partial charge in [-0.25, -0.2) is 0 Å². The third-order valence-electron chi connectivity index (χ3n) is 3.39. The van der Waals surface area contributed by atoms with Gasteiger partial charge in [-0.3, -0.25) is 0 Å². The molecular weight excluding hydrogens is 206 g/mol. The van der Waals surface area contributed by atoms with E-state index in [4.69, 9.17) is 11.6 Å². The second-order valence-electron chi connectivity index (χ2n) is 4.49. The number of hydrogen-bond acceptors (Lipinski definition) is 1. The lowest BCUT2D eigenvalue weighted by Crippen LogP contribution is -2.56. The first-order valence-electron chi connectivity index (χ1n) is 5.74. The summed E-state index contributed by atoms with van der Waals surface area (Å²) in [4.78, 5) is 0. The van der Waals surface area contributed by atoms with Crippen LogP contribution in [0.2, 0.25) is 5.02 Å². The average molecular weight is 224 g/mol. The molecule has 0 spiro atoms. The minimum Gasteiger partial charge on any atom is -0.315 e. The van der Waals surface area contributed by atoms with Gasteiger partial charge in [0.1, 0.15) is 0 Å². The van der Waals surface area contributed by atoms with Crippen LogP contribution < -0.4 is 5.32 Å². The predicted molar refractivity (Wildman–Crippen MR) is 65.5 cm³/mol. The number of rotatable bonds is 4. The summed E-state index contributed by atoms with van der Waals surface area (Å²) in [5.74, 6) is 0. The van der Waals surface area contributed by atoms with E-state index in [-0.39, 0.29) is 0 Å². The monoisotopic (exact) mass is 223 g/mol. The maximum Gasteiger partial charge on any atom is 0.0406 e.